The molecule has 2 rings (SSSR count). The minimum atomic E-state index is -3.77. The number of nitrogens with zero attached hydrogens (tertiary/aromatic N) is 2. The average Bonchev–Trinajstić information content (AvgIpc) is 2.79. The maximum Gasteiger partial charge on any atom is 0.244 e. The maximum absolute atomic E-state index is 13.5. The van der Waals surface area contributed by atoms with E-state index in [2.05, 4.69) is 26.1 Å². The Bertz CT molecular complexity index is 1120. The lowest BCUT2D eigenvalue weighted by atomic mass is 9.87. The number of anilines is 1. The van der Waals surface area contributed by atoms with Gasteiger partial charge in [-0.2, -0.15) is 0 Å². The van der Waals surface area contributed by atoms with Crippen LogP contribution in [-0.4, -0.2) is 57.6 Å². The number of nitrogens with one attached hydrogen (secondary N) is 1. The molecule has 2 aromatic carbocycles. The summed E-state index contributed by atoms with van der Waals surface area (Å²) in [6.45, 7) is 9.74. The van der Waals surface area contributed by atoms with Gasteiger partial charge in [-0.1, -0.05) is 45.0 Å². The van der Waals surface area contributed by atoms with E-state index in [1.165, 1.54) is 4.90 Å². The van der Waals surface area contributed by atoms with Crippen molar-refractivity contribution < 1.29 is 22.7 Å². The van der Waals surface area contributed by atoms with Gasteiger partial charge in [0.1, 0.15) is 18.3 Å². The Morgan fingerprint density at radius 1 is 1.09 bits per heavy atom. The van der Waals surface area contributed by atoms with Gasteiger partial charge in [0.2, 0.25) is 21.8 Å². The van der Waals surface area contributed by atoms with Gasteiger partial charge in [-0.15, -0.1) is 0 Å². The monoisotopic (exact) mass is 503 g/mol. The molecule has 2 amide bonds. The molecule has 35 heavy (non-hydrogen) atoms. The van der Waals surface area contributed by atoms with Crippen LogP contribution >= 0.6 is 0 Å². The Kier molecular flexibility index (Phi) is 9.31. The summed E-state index contributed by atoms with van der Waals surface area (Å²) >= 11 is 0. The molecule has 0 saturated carbocycles. The second kappa shape index (κ2) is 11.6. The number of rotatable bonds is 10. The zero-order valence-electron chi connectivity index (χ0n) is 21.7. The van der Waals surface area contributed by atoms with Gasteiger partial charge in [-0.05, 0) is 54.7 Å². The zero-order chi connectivity index (χ0) is 26.4. The molecule has 0 aliphatic rings. The lowest BCUT2D eigenvalue weighted by Gasteiger charge is -2.31. The number of hydrogen-bond acceptors (Lipinski definition) is 5. The smallest absolute Gasteiger partial charge is 0.244 e. The number of benzene rings is 2. The van der Waals surface area contributed by atoms with Crippen molar-refractivity contribution in [2.75, 3.05) is 30.8 Å². The van der Waals surface area contributed by atoms with Crippen molar-refractivity contribution in [3.8, 4) is 5.75 Å². The molecule has 0 aliphatic heterocycles. The second-order valence-corrected chi connectivity index (χ2v) is 11.4. The first-order chi connectivity index (χ1) is 16.3. The number of carbonyl (C=O) groups is 2. The first kappa shape index (κ1) is 28.2. The van der Waals surface area contributed by atoms with Crippen LogP contribution in [0.4, 0.5) is 5.69 Å². The summed E-state index contributed by atoms with van der Waals surface area (Å²) in [5, 5.41) is 2.74. The SMILES string of the molecule is CCNC(=O)[C@H](C)N(Cc1cccc(OC)c1)C(=O)CN(c1ccc(C(C)(C)C)cc1)S(C)(=O)=O. The molecule has 9 heteroatoms. The highest BCUT2D eigenvalue weighted by molar-refractivity contribution is 7.92. The molecule has 1 N–H and O–H groups in total. The van der Waals surface area contributed by atoms with Gasteiger partial charge in [-0.3, -0.25) is 13.9 Å². The van der Waals surface area contributed by atoms with Crippen molar-refractivity contribution in [2.24, 2.45) is 0 Å². The van der Waals surface area contributed by atoms with Crippen LogP contribution in [0, 0.1) is 0 Å². The molecule has 0 aliphatic carbocycles. The lowest BCUT2D eigenvalue weighted by molar-refractivity contribution is -0.139. The van der Waals surface area contributed by atoms with E-state index in [1.54, 1.807) is 51.3 Å². The summed E-state index contributed by atoms with van der Waals surface area (Å²) < 4.78 is 31.7. The Morgan fingerprint density at radius 2 is 1.71 bits per heavy atom. The van der Waals surface area contributed by atoms with Crippen LogP contribution in [0.1, 0.15) is 45.7 Å². The van der Waals surface area contributed by atoms with E-state index in [-0.39, 0.29) is 17.9 Å². The molecule has 0 heterocycles. The van der Waals surface area contributed by atoms with Crippen molar-refractivity contribution in [1.29, 1.82) is 0 Å². The molecule has 0 aromatic heterocycles. The topological polar surface area (TPSA) is 96.0 Å². The highest BCUT2D eigenvalue weighted by Gasteiger charge is 2.30. The summed E-state index contributed by atoms with van der Waals surface area (Å²) in [6, 6.07) is 13.5. The predicted octanol–water partition coefficient (Wildman–Crippen LogP) is 3.31. The predicted molar refractivity (Wildman–Crippen MR) is 139 cm³/mol. The van der Waals surface area contributed by atoms with Crippen LogP contribution in [0.25, 0.3) is 0 Å². The van der Waals surface area contributed by atoms with Crippen LogP contribution in [0.3, 0.4) is 0 Å². The first-order valence-corrected chi connectivity index (χ1v) is 13.4. The van der Waals surface area contributed by atoms with Crippen molar-refractivity contribution in [3.05, 3.63) is 59.7 Å². The quantitative estimate of drug-likeness (QED) is 0.537. The molecule has 0 radical (unpaired) electrons. The van der Waals surface area contributed by atoms with Crippen molar-refractivity contribution in [2.45, 2.75) is 52.6 Å². The molecule has 192 valence electrons. The molecular formula is C26H37N3O5S. The molecule has 1 atom stereocenters. The van der Waals surface area contributed by atoms with Crippen molar-refractivity contribution in [1.82, 2.24) is 10.2 Å². The fourth-order valence-electron chi connectivity index (χ4n) is 3.61. The van der Waals surface area contributed by atoms with Crippen molar-refractivity contribution >= 4 is 27.5 Å². The number of methoxy groups -OCH3 is 1. The fourth-order valence-corrected chi connectivity index (χ4v) is 4.46. The summed E-state index contributed by atoms with van der Waals surface area (Å²) in [4.78, 5) is 27.5. The van der Waals surface area contributed by atoms with E-state index >= 15 is 0 Å². The molecule has 0 saturated heterocycles. The summed E-state index contributed by atoms with van der Waals surface area (Å²) in [7, 11) is -2.22. The summed E-state index contributed by atoms with van der Waals surface area (Å²) in [5.74, 6) is -0.182. The van der Waals surface area contributed by atoms with E-state index in [9.17, 15) is 18.0 Å². The Balaban J connectivity index is 2.40. The van der Waals surface area contributed by atoms with E-state index in [0.29, 0.717) is 18.0 Å². The Labute approximate surface area is 209 Å². The number of amides is 2. The van der Waals surface area contributed by atoms with Gasteiger partial charge in [0, 0.05) is 13.1 Å². The second-order valence-electron chi connectivity index (χ2n) is 9.51. The van der Waals surface area contributed by atoms with Gasteiger partial charge in [0.25, 0.3) is 0 Å². The van der Waals surface area contributed by atoms with Crippen LogP contribution in [0.2, 0.25) is 0 Å². The minimum Gasteiger partial charge on any atom is -0.497 e. The average molecular weight is 504 g/mol. The zero-order valence-corrected chi connectivity index (χ0v) is 22.5. The van der Waals surface area contributed by atoms with E-state index < -0.39 is 28.5 Å². The third-order valence-electron chi connectivity index (χ3n) is 5.71. The molecule has 8 nitrogen and oxygen atoms in total. The van der Waals surface area contributed by atoms with Crippen LogP contribution in [0.15, 0.2) is 48.5 Å². The molecule has 0 bridgehead atoms. The van der Waals surface area contributed by atoms with Gasteiger partial charge in [-0.25, -0.2) is 8.42 Å². The fraction of sp³-hybridized carbons (Fsp3) is 0.462. The molecule has 0 spiro atoms. The molecule has 0 unspecified atom stereocenters. The van der Waals surface area contributed by atoms with Gasteiger partial charge in [0.05, 0.1) is 19.1 Å². The van der Waals surface area contributed by atoms with Gasteiger partial charge in [0.15, 0.2) is 0 Å². The van der Waals surface area contributed by atoms with E-state index in [4.69, 9.17) is 4.74 Å². The highest BCUT2D eigenvalue weighted by atomic mass is 32.2. The Morgan fingerprint density at radius 3 is 2.23 bits per heavy atom. The largest absolute Gasteiger partial charge is 0.497 e. The van der Waals surface area contributed by atoms with Crippen LogP contribution in [0.5, 0.6) is 5.75 Å². The number of hydrogen-bond donors (Lipinski definition) is 1. The molecule has 0 fully saturated rings. The van der Waals surface area contributed by atoms with Crippen LogP contribution in [-0.2, 0) is 31.6 Å². The van der Waals surface area contributed by atoms with Crippen molar-refractivity contribution in [3.63, 3.8) is 0 Å². The van der Waals surface area contributed by atoms with E-state index in [1.807, 2.05) is 18.2 Å². The minimum absolute atomic E-state index is 0.0973. The first-order valence-electron chi connectivity index (χ1n) is 11.6. The molecule has 2 aromatic rings. The molecular weight excluding hydrogens is 466 g/mol. The normalized spacial score (nSPS) is 12.5. The third-order valence-corrected chi connectivity index (χ3v) is 6.85. The number of likely N-dealkylation sites (N-methyl/N-ethyl adjacent to an activating group) is 1. The van der Waals surface area contributed by atoms with E-state index in [0.717, 1.165) is 21.7 Å². The third kappa shape index (κ3) is 7.71. The summed E-state index contributed by atoms with van der Waals surface area (Å²) in [6.07, 6.45) is 1.07. The number of ether oxygens (including phenoxy) is 1. The number of sulfonamides is 1. The standard InChI is InChI=1S/C26H37N3O5S/c1-8-27-25(31)19(2)28(17-20-10-9-11-23(16-20)34-6)24(30)18-29(35(7,32)33)22-14-12-21(13-15-22)26(3,4)5/h9-16,19H,8,17-18H2,1-7H3,(H,27,31)/t19-/m0/s1. The van der Waals surface area contributed by atoms with Gasteiger partial charge < -0.3 is 15.0 Å². The maximum atomic E-state index is 13.5. The number of carbonyl (C=O) groups excluding carboxylic acids is 2. The van der Waals surface area contributed by atoms with Crippen LogP contribution < -0.4 is 14.4 Å². The highest BCUT2D eigenvalue weighted by Crippen LogP contribution is 2.26. The lowest BCUT2D eigenvalue weighted by Crippen LogP contribution is -2.51. The van der Waals surface area contributed by atoms with Gasteiger partial charge >= 0.3 is 0 Å². The summed E-state index contributed by atoms with van der Waals surface area (Å²) in [5.41, 5.74) is 2.10. The Hall–Kier alpha value is -3.07.